The fraction of sp³-hybridized carbons (Fsp3) is 0.133. The van der Waals surface area contributed by atoms with Crippen molar-refractivity contribution in [3.8, 4) is 11.5 Å². The van der Waals surface area contributed by atoms with Crippen LogP contribution in [0.2, 0.25) is 10.0 Å². The molecule has 0 aliphatic rings. The summed E-state index contributed by atoms with van der Waals surface area (Å²) >= 11 is 11.9. The van der Waals surface area contributed by atoms with Crippen molar-refractivity contribution in [2.45, 2.75) is 0 Å². The molecule has 2 aromatic rings. The lowest BCUT2D eigenvalue weighted by atomic mass is 10.1. The van der Waals surface area contributed by atoms with Crippen molar-refractivity contribution >= 4 is 40.5 Å². The second kappa shape index (κ2) is 6.77. The van der Waals surface area contributed by atoms with Crippen molar-refractivity contribution in [2.75, 3.05) is 25.3 Å². The summed E-state index contributed by atoms with van der Waals surface area (Å²) in [6.45, 7) is 0. The molecule has 2 rings (SSSR count). The number of halogens is 2. The number of amides is 1. The van der Waals surface area contributed by atoms with Gasteiger partial charge in [0.2, 0.25) is 0 Å². The number of rotatable bonds is 4. The fourth-order valence-electron chi connectivity index (χ4n) is 1.85. The van der Waals surface area contributed by atoms with Crippen molar-refractivity contribution < 1.29 is 14.3 Å². The molecule has 0 bridgehead atoms. The zero-order chi connectivity index (χ0) is 16.3. The molecule has 2 aromatic carbocycles. The molecule has 22 heavy (non-hydrogen) atoms. The molecule has 7 heteroatoms. The lowest BCUT2D eigenvalue weighted by Crippen LogP contribution is -2.13. The number of benzene rings is 2. The van der Waals surface area contributed by atoms with Crippen LogP contribution in [0.4, 0.5) is 11.4 Å². The third kappa shape index (κ3) is 3.37. The van der Waals surface area contributed by atoms with E-state index in [1.165, 1.54) is 26.4 Å². The highest BCUT2D eigenvalue weighted by atomic mass is 35.5. The van der Waals surface area contributed by atoms with Crippen LogP contribution in [0.5, 0.6) is 11.5 Å². The number of hydrogen-bond acceptors (Lipinski definition) is 4. The first-order valence-corrected chi connectivity index (χ1v) is 6.99. The normalized spacial score (nSPS) is 10.2. The third-order valence-corrected chi connectivity index (χ3v) is 3.61. The highest BCUT2D eigenvalue weighted by Crippen LogP contribution is 2.32. The van der Waals surface area contributed by atoms with E-state index in [1.807, 2.05) is 0 Å². The lowest BCUT2D eigenvalue weighted by molar-refractivity contribution is 0.102. The standard InChI is InChI=1S/C15H14Cl2N2O3/c1-21-9-3-4-13(22-2)10(7-9)15(20)19-8-5-11(16)14(18)12(17)6-8/h3-7H,18H2,1-2H3,(H,19,20). The Morgan fingerprint density at radius 3 is 2.27 bits per heavy atom. The molecule has 0 aliphatic heterocycles. The van der Waals surface area contributed by atoms with Crippen LogP contribution in [0.1, 0.15) is 10.4 Å². The summed E-state index contributed by atoms with van der Waals surface area (Å²) in [5, 5.41) is 3.22. The van der Waals surface area contributed by atoms with Gasteiger partial charge in [-0.3, -0.25) is 4.79 Å². The Balaban J connectivity index is 2.33. The van der Waals surface area contributed by atoms with E-state index in [2.05, 4.69) is 5.32 Å². The summed E-state index contributed by atoms with van der Waals surface area (Å²) in [6.07, 6.45) is 0. The Hall–Kier alpha value is -2.11. The molecule has 1 amide bonds. The minimum Gasteiger partial charge on any atom is -0.497 e. The van der Waals surface area contributed by atoms with Gasteiger partial charge in [0.05, 0.1) is 35.5 Å². The first-order valence-electron chi connectivity index (χ1n) is 6.24. The average Bonchev–Trinajstić information content (AvgIpc) is 2.51. The van der Waals surface area contributed by atoms with Crippen molar-refractivity contribution in [1.82, 2.24) is 0 Å². The maximum Gasteiger partial charge on any atom is 0.259 e. The summed E-state index contributed by atoms with van der Waals surface area (Å²) in [6, 6.07) is 7.97. The molecule has 0 aromatic heterocycles. The van der Waals surface area contributed by atoms with Crippen molar-refractivity contribution in [3.05, 3.63) is 45.9 Å². The second-order valence-corrected chi connectivity index (χ2v) is 5.19. The SMILES string of the molecule is COc1ccc(OC)c(C(=O)Nc2cc(Cl)c(N)c(Cl)c2)c1. The quantitative estimate of drug-likeness (QED) is 0.829. The minimum absolute atomic E-state index is 0.264. The van der Waals surface area contributed by atoms with Gasteiger partial charge in [-0.05, 0) is 30.3 Å². The van der Waals surface area contributed by atoms with Gasteiger partial charge in [0.15, 0.2) is 0 Å². The molecule has 0 atom stereocenters. The number of hydrogen-bond donors (Lipinski definition) is 2. The van der Waals surface area contributed by atoms with Gasteiger partial charge in [-0.25, -0.2) is 0 Å². The van der Waals surface area contributed by atoms with Crippen molar-refractivity contribution in [3.63, 3.8) is 0 Å². The van der Waals surface area contributed by atoms with Crippen LogP contribution in [0, 0.1) is 0 Å². The Morgan fingerprint density at radius 2 is 1.73 bits per heavy atom. The van der Waals surface area contributed by atoms with Gasteiger partial charge >= 0.3 is 0 Å². The molecule has 0 fully saturated rings. The lowest BCUT2D eigenvalue weighted by Gasteiger charge is -2.12. The van der Waals surface area contributed by atoms with Crippen LogP contribution in [0.3, 0.4) is 0 Å². The van der Waals surface area contributed by atoms with Crippen LogP contribution in [0.15, 0.2) is 30.3 Å². The summed E-state index contributed by atoms with van der Waals surface area (Å²) in [5.74, 6) is 0.581. The van der Waals surface area contributed by atoms with Crippen LogP contribution in [-0.4, -0.2) is 20.1 Å². The Morgan fingerprint density at radius 1 is 1.09 bits per heavy atom. The van der Waals surface area contributed by atoms with E-state index in [0.29, 0.717) is 22.7 Å². The minimum atomic E-state index is -0.382. The van der Waals surface area contributed by atoms with Crippen LogP contribution in [0.25, 0.3) is 0 Å². The first kappa shape index (κ1) is 16.3. The number of carbonyl (C=O) groups is 1. The molecule has 0 heterocycles. The van der Waals surface area contributed by atoms with Gasteiger partial charge in [-0.2, -0.15) is 0 Å². The van der Waals surface area contributed by atoms with Crippen molar-refractivity contribution in [1.29, 1.82) is 0 Å². The highest BCUT2D eigenvalue weighted by molar-refractivity contribution is 6.39. The Kier molecular flexibility index (Phi) is 5.00. The number of nitrogens with one attached hydrogen (secondary N) is 1. The molecule has 0 aliphatic carbocycles. The highest BCUT2D eigenvalue weighted by Gasteiger charge is 2.15. The van der Waals surface area contributed by atoms with E-state index in [0.717, 1.165) is 0 Å². The molecule has 0 unspecified atom stereocenters. The maximum absolute atomic E-state index is 12.4. The first-order chi connectivity index (χ1) is 10.5. The van der Waals surface area contributed by atoms with E-state index in [9.17, 15) is 4.79 Å². The predicted molar refractivity (Wildman–Crippen MR) is 88.4 cm³/mol. The van der Waals surface area contributed by atoms with Crippen LogP contribution in [-0.2, 0) is 0 Å². The topological polar surface area (TPSA) is 73.6 Å². The molecular weight excluding hydrogens is 327 g/mol. The van der Waals surface area contributed by atoms with Crippen molar-refractivity contribution in [2.24, 2.45) is 0 Å². The smallest absolute Gasteiger partial charge is 0.259 e. The molecule has 116 valence electrons. The second-order valence-electron chi connectivity index (χ2n) is 4.37. The predicted octanol–water partition coefficient (Wildman–Crippen LogP) is 3.85. The molecule has 3 N–H and O–H groups in total. The van der Waals surface area contributed by atoms with Gasteiger partial charge in [0.25, 0.3) is 5.91 Å². The third-order valence-electron chi connectivity index (χ3n) is 2.99. The summed E-state index contributed by atoms with van der Waals surface area (Å²) in [7, 11) is 3.00. The zero-order valence-electron chi connectivity index (χ0n) is 11.9. The molecular formula is C15H14Cl2N2O3. The molecule has 0 spiro atoms. The number of ether oxygens (including phenoxy) is 2. The van der Waals surface area contributed by atoms with E-state index < -0.39 is 0 Å². The van der Waals surface area contributed by atoms with E-state index >= 15 is 0 Å². The molecule has 0 saturated heterocycles. The van der Waals surface area contributed by atoms with Gasteiger partial charge < -0.3 is 20.5 Å². The van der Waals surface area contributed by atoms with E-state index in [1.54, 1.807) is 18.2 Å². The Labute approximate surface area is 137 Å². The monoisotopic (exact) mass is 340 g/mol. The van der Waals surface area contributed by atoms with E-state index in [4.69, 9.17) is 38.4 Å². The van der Waals surface area contributed by atoms with Gasteiger partial charge in [-0.15, -0.1) is 0 Å². The number of carbonyl (C=O) groups excluding carboxylic acids is 1. The van der Waals surface area contributed by atoms with Gasteiger partial charge in [-0.1, -0.05) is 23.2 Å². The largest absolute Gasteiger partial charge is 0.497 e. The fourth-order valence-corrected chi connectivity index (χ4v) is 2.33. The molecule has 0 saturated carbocycles. The van der Waals surface area contributed by atoms with Crippen LogP contribution >= 0.6 is 23.2 Å². The van der Waals surface area contributed by atoms with Gasteiger partial charge in [0.1, 0.15) is 11.5 Å². The summed E-state index contributed by atoms with van der Waals surface area (Å²) < 4.78 is 10.3. The Bertz CT molecular complexity index is 697. The van der Waals surface area contributed by atoms with Crippen LogP contribution < -0.4 is 20.5 Å². The van der Waals surface area contributed by atoms with Gasteiger partial charge in [0, 0.05) is 5.69 Å². The average molecular weight is 341 g/mol. The summed E-state index contributed by atoms with van der Waals surface area (Å²) in [4.78, 5) is 12.4. The number of nitrogens with two attached hydrogens (primary N) is 1. The summed E-state index contributed by atoms with van der Waals surface area (Å²) in [5.41, 5.74) is 6.68. The maximum atomic E-state index is 12.4. The number of nitrogen functional groups attached to an aromatic ring is 1. The number of anilines is 2. The van der Waals surface area contributed by atoms with E-state index in [-0.39, 0.29) is 21.6 Å². The number of methoxy groups -OCH3 is 2. The zero-order valence-corrected chi connectivity index (χ0v) is 13.5. The molecule has 5 nitrogen and oxygen atoms in total. The molecule has 0 radical (unpaired) electrons.